The molecule has 3 aliphatic heterocycles. The molecule has 0 saturated carbocycles. The third kappa shape index (κ3) is 4.82. The smallest absolute Gasteiger partial charge is 0.249 e. The first-order chi connectivity index (χ1) is 16.6. The van der Waals surface area contributed by atoms with E-state index in [9.17, 15) is 9.59 Å². The zero-order chi connectivity index (χ0) is 24.9. The molecule has 35 heavy (non-hydrogen) atoms. The Kier molecular flexibility index (Phi) is 6.61. The first-order valence-corrected chi connectivity index (χ1v) is 12.9. The van der Waals surface area contributed by atoms with E-state index in [4.69, 9.17) is 15.2 Å². The van der Waals surface area contributed by atoms with E-state index in [1.54, 1.807) is 24.3 Å². The van der Waals surface area contributed by atoms with Crippen molar-refractivity contribution in [1.29, 1.82) is 0 Å². The molecular weight excluding hydrogens is 510 g/mol. The predicted molar refractivity (Wildman–Crippen MR) is 136 cm³/mol. The Morgan fingerprint density at radius 2 is 1.63 bits per heavy atom. The van der Waals surface area contributed by atoms with E-state index >= 15 is 0 Å². The molecule has 0 aliphatic carbocycles. The van der Waals surface area contributed by atoms with E-state index in [1.165, 1.54) is 5.56 Å². The minimum Gasteiger partial charge on any atom is -0.366 e. The van der Waals surface area contributed by atoms with Crippen LogP contribution < -0.4 is 5.73 Å². The number of Topliss-reactive ketones (excluding diaryl/α,β-unsaturated/α-hetero) is 1. The Morgan fingerprint density at radius 3 is 2.29 bits per heavy atom. The lowest BCUT2D eigenvalue weighted by Crippen LogP contribution is -2.69. The number of nitrogens with two attached hydrogens (primary N) is 1. The fourth-order valence-electron chi connectivity index (χ4n) is 6.04. The maximum Gasteiger partial charge on any atom is 0.249 e. The van der Waals surface area contributed by atoms with Crippen LogP contribution in [0.25, 0.3) is 0 Å². The number of primary amides is 1. The van der Waals surface area contributed by atoms with Gasteiger partial charge < -0.3 is 20.1 Å². The topological polar surface area (TPSA) is 85.1 Å². The van der Waals surface area contributed by atoms with E-state index < -0.39 is 11.7 Å². The van der Waals surface area contributed by atoms with Gasteiger partial charge in [0.25, 0.3) is 0 Å². The zero-order valence-electron chi connectivity index (χ0n) is 20.3. The Morgan fingerprint density at radius 1 is 1.00 bits per heavy atom. The third-order valence-electron chi connectivity index (χ3n) is 7.49. The monoisotopic (exact) mass is 541 g/mol. The van der Waals surface area contributed by atoms with Crippen LogP contribution in [0.1, 0.15) is 52.5 Å². The fourth-order valence-corrected chi connectivity index (χ4v) is 6.31. The molecule has 186 valence electrons. The average molecular weight is 542 g/mol. The van der Waals surface area contributed by atoms with Gasteiger partial charge in [0.1, 0.15) is 12.2 Å². The van der Waals surface area contributed by atoms with Crippen molar-refractivity contribution in [2.24, 2.45) is 5.73 Å². The number of nitrogens with zero attached hydrogens (tertiary/aromatic N) is 2. The van der Waals surface area contributed by atoms with Crippen molar-refractivity contribution in [2.45, 2.75) is 56.3 Å². The van der Waals surface area contributed by atoms with Crippen molar-refractivity contribution in [1.82, 2.24) is 9.80 Å². The van der Waals surface area contributed by atoms with E-state index in [0.717, 1.165) is 17.6 Å². The lowest BCUT2D eigenvalue weighted by molar-refractivity contribution is -0.150. The highest BCUT2D eigenvalue weighted by Gasteiger charge is 2.54. The molecule has 0 unspecified atom stereocenters. The third-order valence-corrected chi connectivity index (χ3v) is 8.02. The summed E-state index contributed by atoms with van der Waals surface area (Å²) in [5, 5.41) is 0. The lowest BCUT2D eigenvalue weighted by atomic mass is 9.71. The summed E-state index contributed by atoms with van der Waals surface area (Å²) in [7, 11) is 2.12. The van der Waals surface area contributed by atoms with Crippen LogP contribution in [-0.4, -0.2) is 78.3 Å². The molecule has 0 spiro atoms. The number of ether oxygens (including phenoxy) is 2. The average Bonchev–Trinajstić information content (AvgIpc) is 3.09. The molecule has 7 nitrogen and oxygen atoms in total. The Hall–Kier alpha value is -2.10. The maximum atomic E-state index is 13.5. The summed E-state index contributed by atoms with van der Waals surface area (Å²) >= 11 is 3.54. The molecule has 0 radical (unpaired) electrons. The second kappa shape index (κ2) is 9.41. The second-order valence-corrected chi connectivity index (χ2v) is 11.3. The molecule has 5 rings (SSSR count). The maximum absolute atomic E-state index is 13.5. The van der Waals surface area contributed by atoms with Crippen molar-refractivity contribution in [2.75, 3.05) is 26.7 Å². The molecule has 2 N–H and O–H groups in total. The van der Waals surface area contributed by atoms with Gasteiger partial charge in [-0.05, 0) is 44.7 Å². The summed E-state index contributed by atoms with van der Waals surface area (Å²) < 4.78 is 13.5. The first-order valence-electron chi connectivity index (χ1n) is 12.1. The molecule has 1 amide bonds. The molecule has 3 heterocycles. The van der Waals surface area contributed by atoms with Gasteiger partial charge in [0.05, 0.1) is 0 Å². The summed E-state index contributed by atoms with van der Waals surface area (Å²) in [4.78, 5) is 30.2. The van der Waals surface area contributed by atoms with E-state index in [-0.39, 0.29) is 41.6 Å². The minimum absolute atomic E-state index is 0.0189. The van der Waals surface area contributed by atoms with Crippen LogP contribution in [0, 0.1) is 0 Å². The molecule has 3 saturated heterocycles. The Balaban J connectivity index is 1.47. The highest BCUT2D eigenvalue weighted by molar-refractivity contribution is 9.10. The van der Waals surface area contributed by atoms with Crippen LogP contribution in [0.4, 0.5) is 0 Å². The normalized spacial score (nSPS) is 30.5. The van der Waals surface area contributed by atoms with Crippen molar-refractivity contribution >= 4 is 27.6 Å². The molecule has 2 aromatic carbocycles. The number of likely N-dealkylation sites (N-methyl/N-ethyl adjacent to an activating group) is 1. The van der Waals surface area contributed by atoms with Crippen molar-refractivity contribution < 1.29 is 19.1 Å². The van der Waals surface area contributed by atoms with Crippen molar-refractivity contribution in [3.05, 3.63) is 69.7 Å². The van der Waals surface area contributed by atoms with Gasteiger partial charge in [0.15, 0.2) is 11.6 Å². The number of benzene rings is 2. The van der Waals surface area contributed by atoms with Gasteiger partial charge in [0.2, 0.25) is 5.91 Å². The number of carbonyl (C=O) groups is 2. The largest absolute Gasteiger partial charge is 0.366 e. The van der Waals surface area contributed by atoms with Crippen molar-refractivity contribution in [3.63, 3.8) is 0 Å². The summed E-state index contributed by atoms with van der Waals surface area (Å²) in [6.07, 6.45) is 0.207. The van der Waals surface area contributed by atoms with Gasteiger partial charge in [-0.25, -0.2) is 0 Å². The number of amides is 1. The van der Waals surface area contributed by atoms with Crippen LogP contribution in [0.2, 0.25) is 0 Å². The van der Waals surface area contributed by atoms with Crippen LogP contribution >= 0.6 is 15.9 Å². The molecule has 0 bridgehead atoms. The summed E-state index contributed by atoms with van der Waals surface area (Å²) in [6.45, 7) is 6.29. The van der Waals surface area contributed by atoms with E-state index in [1.807, 2.05) is 13.8 Å². The predicted octanol–water partition coefficient (Wildman–Crippen LogP) is 3.42. The van der Waals surface area contributed by atoms with Crippen LogP contribution in [0.3, 0.4) is 0 Å². The summed E-state index contributed by atoms with van der Waals surface area (Å²) in [6, 6.07) is 15.4. The second-order valence-electron chi connectivity index (χ2n) is 10.4. The van der Waals surface area contributed by atoms with Gasteiger partial charge in [-0.15, -0.1) is 0 Å². The first kappa shape index (κ1) is 24.6. The van der Waals surface area contributed by atoms with Gasteiger partial charge in [-0.1, -0.05) is 46.3 Å². The van der Waals surface area contributed by atoms with Gasteiger partial charge >= 0.3 is 0 Å². The number of carbonyl (C=O) groups excluding carboxylic acids is 2. The number of rotatable bonds is 5. The number of ketones is 1. The fraction of sp³-hybridized carbons (Fsp3) is 0.481. The minimum atomic E-state index is -0.627. The zero-order valence-corrected chi connectivity index (χ0v) is 21.9. The van der Waals surface area contributed by atoms with E-state index in [0.29, 0.717) is 18.5 Å². The number of fused-ring (bicyclic) bond motifs is 2. The molecule has 3 fully saturated rings. The molecule has 8 heteroatoms. The van der Waals surface area contributed by atoms with Crippen LogP contribution in [0.5, 0.6) is 0 Å². The van der Waals surface area contributed by atoms with Crippen molar-refractivity contribution in [3.8, 4) is 0 Å². The highest BCUT2D eigenvalue weighted by atomic mass is 79.9. The highest BCUT2D eigenvalue weighted by Crippen LogP contribution is 2.45. The SMILES string of the molecule is CN1C[C@@H]2OC(C)(C)O[C@@H]2CN2[C@H](CC(=O)c3ccccc3C(N)=O)[C@H](c3ccc(Br)cc3)[C@@H]2C1. The quantitative estimate of drug-likeness (QED) is 0.583. The van der Waals surface area contributed by atoms with Crippen LogP contribution in [0.15, 0.2) is 53.0 Å². The van der Waals surface area contributed by atoms with Crippen LogP contribution in [-0.2, 0) is 9.47 Å². The molecular formula is C27H32BrN3O4. The summed E-state index contributed by atoms with van der Waals surface area (Å²) in [5.74, 6) is -1.10. The van der Waals surface area contributed by atoms with Gasteiger partial charge in [-0.2, -0.15) is 0 Å². The molecule has 3 aliphatic rings. The number of hydrogen-bond acceptors (Lipinski definition) is 6. The molecule has 0 aromatic heterocycles. The van der Waals surface area contributed by atoms with Gasteiger partial charge in [0, 0.05) is 59.7 Å². The number of hydrogen-bond donors (Lipinski definition) is 1. The lowest BCUT2D eigenvalue weighted by Gasteiger charge is -2.58. The summed E-state index contributed by atoms with van der Waals surface area (Å²) in [5.41, 5.74) is 7.44. The molecule has 2 aromatic rings. The standard InChI is InChI=1S/C27H32BrN3O4/c1-27(2)34-23-14-30(3)13-21-25(16-8-10-17(28)11-9-16)20(31(21)15-24(23)35-27)12-22(32)18-6-4-5-7-19(18)26(29)33/h4-11,20-21,23-25H,12-15H2,1-3H3,(H2,29,33)/t20-,21+,23+,24-,25+/m1/s1. The van der Waals surface area contributed by atoms with E-state index in [2.05, 4.69) is 57.0 Å². The van der Waals surface area contributed by atoms with Gasteiger partial charge in [-0.3, -0.25) is 14.5 Å². The number of halogens is 1. The Bertz CT molecular complexity index is 1120. The Labute approximate surface area is 214 Å². The molecule has 5 atom stereocenters.